The van der Waals surface area contributed by atoms with E-state index in [2.05, 4.69) is 20.2 Å². The second-order valence-corrected chi connectivity index (χ2v) is 9.42. The summed E-state index contributed by atoms with van der Waals surface area (Å²) in [5, 5.41) is 9.23. The van der Waals surface area contributed by atoms with Crippen LogP contribution in [0.5, 0.6) is 0 Å². The van der Waals surface area contributed by atoms with Gasteiger partial charge in [-0.1, -0.05) is 34.6 Å². The van der Waals surface area contributed by atoms with E-state index in [-0.39, 0.29) is 11.8 Å². The van der Waals surface area contributed by atoms with Gasteiger partial charge < -0.3 is 18.8 Å². The van der Waals surface area contributed by atoms with E-state index in [4.69, 9.17) is 9.05 Å². The van der Waals surface area contributed by atoms with Crippen LogP contribution in [0.25, 0.3) is 22.4 Å². The van der Waals surface area contributed by atoms with Crippen molar-refractivity contribution >= 4 is 22.6 Å². The van der Waals surface area contributed by atoms with Crippen LogP contribution in [0, 0.1) is 12.8 Å². The number of amides is 1. The molecule has 0 radical (unpaired) electrons. The summed E-state index contributed by atoms with van der Waals surface area (Å²) < 4.78 is 11.0. The average Bonchev–Trinajstić information content (AvgIpc) is 3.59. The standard InChI is InChI=1S/C26H27N5O3/c1-17-22-8-7-20(14-23(22)33-28-17)25-27-26(34-29-25)19-9-11-30(12-10-19)15-18-13-24(32)31(16-18)21-5-3-2-4-6-21/h2-8,14,18-19H,9-13,15-16H2,1H3. The van der Waals surface area contributed by atoms with Gasteiger partial charge in [-0.25, -0.2) is 0 Å². The second kappa shape index (κ2) is 8.68. The van der Waals surface area contributed by atoms with E-state index >= 15 is 0 Å². The van der Waals surface area contributed by atoms with E-state index in [0.717, 1.165) is 66.9 Å². The fourth-order valence-corrected chi connectivity index (χ4v) is 5.21. The molecule has 0 spiro atoms. The molecular formula is C26H27N5O3. The smallest absolute Gasteiger partial charge is 0.230 e. The van der Waals surface area contributed by atoms with Crippen LogP contribution in [0.4, 0.5) is 5.69 Å². The van der Waals surface area contributed by atoms with Crippen molar-refractivity contribution in [1.82, 2.24) is 20.2 Å². The third kappa shape index (κ3) is 3.98. The number of benzene rings is 2. The van der Waals surface area contributed by atoms with Gasteiger partial charge in [-0.15, -0.1) is 0 Å². The van der Waals surface area contributed by atoms with Crippen LogP contribution in [0.3, 0.4) is 0 Å². The molecule has 0 N–H and O–H groups in total. The average molecular weight is 458 g/mol. The SMILES string of the molecule is Cc1noc2cc(-c3noc(C4CCN(CC5CC(=O)N(c6ccccc6)C5)CC4)n3)ccc12. The molecule has 1 amide bonds. The Hall–Kier alpha value is -3.52. The lowest BCUT2D eigenvalue weighted by molar-refractivity contribution is -0.117. The van der Waals surface area contributed by atoms with Crippen molar-refractivity contribution in [1.29, 1.82) is 0 Å². The van der Waals surface area contributed by atoms with Crippen LogP contribution >= 0.6 is 0 Å². The summed E-state index contributed by atoms with van der Waals surface area (Å²) in [6, 6.07) is 15.8. The molecule has 2 fully saturated rings. The molecule has 2 aliphatic rings. The van der Waals surface area contributed by atoms with Crippen molar-refractivity contribution in [2.24, 2.45) is 5.92 Å². The van der Waals surface area contributed by atoms with Gasteiger partial charge in [0.05, 0.1) is 5.69 Å². The number of rotatable bonds is 5. The topological polar surface area (TPSA) is 88.5 Å². The van der Waals surface area contributed by atoms with Gasteiger partial charge in [0.2, 0.25) is 17.6 Å². The summed E-state index contributed by atoms with van der Waals surface area (Å²) in [5.74, 6) is 2.14. The van der Waals surface area contributed by atoms with Gasteiger partial charge in [0.25, 0.3) is 0 Å². The van der Waals surface area contributed by atoms with Gasteiger partial charge in [-0.3, -0.25) is 4.79 Å². The molecule has 6 rings (SSSR count). The zero-order valence-corrected chi connectivity index (χ0v) is 19.2. The Kier molecular flexibility index (Phi) is 5.37. The van der Waals surface area contributed by atoms with Crippen LogP contribution in [0.2, 0.25) is 0 Å². The maximum absolute atomic E-state index is 12.5. The Morgan fingerprint density at radius 2 is 1.85 bits per heavy atom. The van der Waals surface area contributed by atoms with E-state index < -0.39 is 0 Å². The summed E-state index contributed by atoms with van der Waals surface area (Å²) in [6.07, 6.45) is 2.58. The first-order chi connectivity index (χ1) is 16.6. The Morgan fingerprint density at radius 1 is 1.03 bits per heavy atom. The Morgan fingerprint density at radius 3 is 2.68 bits per heavy atom. The fraction of sp³-hybridized carbons (Fsp3) is 0.385. The molecule has 0 saturated carbocycles. The van der Waals surface area contributed by atoms with E-state index in [9.17, 15) is 4.79 Å². The van der Waals surface area contributed by atoms with Crippen LogP contribution < -0.4 is 4.90 Å². The summed E-state index contributed by atoms with van der Waals surface area (Å²) in [5.41, 5.74) is 3.46. The van der Waals surface area contributed by atoms with Crippen LogP contribution in [-0.2, 0) is 4.79 Å². The predicted molar refractivity (Wildman–Crippen MR) is 127 cm³/mol. The quantitative estimate of drug-likeness (QED) is 0.438. The number of hydrogen-bond donors (Lipinski definition) is 0. The maximum atomic E-state index is 12.5. The van der Waals surface area contributed by atoms with Gasteiger partial charge in [0.1, 0.15) is 0 Å². The summed E-state index contributed by atoms with van der Waals surface area (Å²) in [4.78, 5) is 21.6. The van der Waals surface area contributed by atoms with Crippen molar-refractivity contribution in [3.05, 3.63) is 60.1 Å². The molecule has 0 aliphatic carbocycles. The van der Waals surface area contributed by atoms with Crippen molar-refractivity contribution in [3.8, 4) is 11.4 Å². The largest absolute Gasteiger partial charge is 0.356 e. The number of aryl methyl sites for hydroxylation is 1. The lowest BCUT2D eigenvalue weighted by Gasteiger charge is -2.32. The number of para-hydroxylation sites is 1. The number of hydrogen-bond acceptors (Lipinski definition) is 7. The van der Waals surface area contributed by atoms with Crippen LogP contribution in [-0.4, -0.2) is 52.3 Å². The first-order valence-corrected chi connectivity index (χ1v) is 11.9. The molecule has 0 bridgehead atoms. The van der Waals surface area contributed by atoms with Crippen LogP contribution in [0.1, 0.15) is 36.8 Å². The molecule has 1 atom stereocenters. The van der Waals surface area contributed by atoms with E-state index in [1.807, 2.05) is 60.4 Å². The van der Waals surface area contributed by atoms with Gasteiger partial charge in [0, 0.05) is 42.1 Å². The first kappa shape index (κ1) is 21.0. The van der Waals surface area contributed by atoms with Crippen molar-refractivity contribution in [2.75, 3.05) is 31.1 Å². The third-order valence-electron chi connectivity index (χ3n) is 7.08. The number of nitrogens with zero attached hydrogens (tertiary/aromatic N) is 5. The minimum absolute atomic E-state index is 0.225. The molecule has 4 aromatic rings. The van der Waals surface area contributed by atoms with E-state index in [0.29, 0.717) is 24.1 Å². The van der Waals surface area contributed by atoms with Gasteiger partial charge >= 0.3 is 0 Å². The zero-order valence-electron chi connectivity index (χ0n) is 19.2. The zero-order chi connectivity index (χ0) is 23.1. The van der Waals surface area contributed by atoms with Crippen molar-refractivity contribution in [3.63, 3.8) is 0 Å². The molecule has 34 heavy (non-hydrogen) atoms. The third-order valence-corrected chi connectivity index (χ3v) is 7.08. The van der Waals surface area contributed by atoms with Crippen molar-refractivity contribution in [2.45, 2.75) is 32.1 Å². The van der Waals surface area contributed by atoms with E-state index in [1.165, 1.54) is 0 Å². The monoisotopic (exact) mass is 457 g/mol. The molecular weight excluding hydrogens is 430 g/mol. The number of piperidine rings is 1. The fourth-order valence-electron chi connectivity index (χ4n) is 5.21. The number of likely N-dealkylation sites (tertiary alicyclic amines) is 1. The molecule has 1 unspecified atom stereocenters. The number of carbonyl (C=O) groups excluding carboxylic acids is 1. The number of carbonyl (C=O) groups is 1. The lowest BCUT2D eigenvalue weighted by atomic mass is 9.95. The lowest BCUT2D eigenvalue weighted by Crippen LogP contribution is -2.37. The number of aromatic nitrogens is 3. The molecule has 8 nitrogen and oxygen atoms in total. The number of anilines is 1. The minimum atomic E-state index is 0.225. The second-order valence-electron chi connectivity index (χ2n) is 9.42. The molecule has 2 aromatic carbocycles. The Labute approximate surface area is 197 Å². The summed E-state index contributed by atoms with van der Waals surface area (Å²) in [6.45, 7) is 5.62. The van der Waals surface area contributed by atoms with Gasteiger partial charge in [-0.2, -0.15) is 4.98 Å². The van der Waals surface area contributed by atoms with Gasteiger partial charge in [-0.05, 0) is 63.0 Å². The van der Waals surface area contributed by atoms with Gasteiger partial charge in [0.15, 0.2) is 5.58 Å². The highest BCUT2D eigenvalue weighted by Crippen LogP contribution is 2.31. The molecule has 4 heterocycles. The highest BCUT2D eigenvalue weighted by atomic mass is 16.5. The molecule has 2 aliphatic heterocycles. The first-order valence-electron chi connectivity index (χ1n) is 11.9. The molecule has 174 valence electrons. The highest BCUT2D eigenvalue weighted by molar-refractivity contribution is 5.95. The highest BCUT2D eigenvalue weighted by Gasteiger charge is 2.33. The Balaban J connectivity index is 1.05. The summed E-state index contributed by atoms with van der Waals surface area (Å²) in [7, 11) is 0. The maximum Gasteiger partial charge on any atom is 0.230 e. The minimum Gasteiger partial charge on any atom is -0.356 e. The molecule has 2 aromatic heterocycles. The normalized spacial score (nSPS) is 20.0. The molecule has 8 heteroatoms. The number of fused-ring (bicyclic) bond motifs is 1. The predicted octanol–water partition coefficient (Wildman–Crippen LogP) is 4.42. The summed E-state index contributed by atoms with van der Waals surface area (Å²) >= 11 is 0. The van der Waals surface area contributed by atoms with Crippen LogP contribution in [0.15, 0.2) is 57.6 Å². The van der Waals surface area contributed by atoms with E-state index in [1.54, 1.807) is 0 Å². The van der Waals surface area contributed by atoms with Crippen molar-refractivity contribution < 1.29 is 13.8 Å². The molecule has 2 saturated heterocycles. The Bertz CT molecular complexity index is 1310.